The van der Waals surface area contributed by atoms with E-state index in [-0.39, 0.29) is 35.6 Å². The summed E-state index contributed by atoms with van der Waals surface area (Å²) < 4.78 is 41.8. The van der Waals surface area contributed by atoms with Crippen LogP contribution in [-0.2, 0) is 21.4 Å². The van der Waals surface area contributed by atoms with Gasteiger partial charge in [0.15, 0.2) is 6.29 Å². The Hall–Kier alpha value is -5.72. The smallest absolute Gasteiger partial charge is 0.386 e. The van der Waals surface area contributed by atoms with Crippen molar-refractivity contribution in [3.63, 3.8) is 0 Å². The number of amides is 4. The van der Waals surface area contributed by atoms with Gasteiger partial charge >= 0.3 is 6.18 Å². The van der Waals surface area contributed by atoms with Gasteiger partial charge in [-0.25, -0.2) is 4.98 Å². The minimum atomic E-state index is -4.70. The Bertz CT molecular complexity index is 2340. The molecule has 4 heterocycles. The van der Waals surface area contributed by atoms with E-state index in [2.05, 4.69) is 44.2 Å². The minimum Gasteiger partial charge on any atom is -0.386 e. The number of halogens is 3. The van der Waals surface area contributed by atoms with E-state index in [9.17, 15) is 42.3 Å². The number of hydrogen-bond donors (Lipinski definition) is 3. The molecular weight excluding hydrogens is 832 g/mol. The van der Waals surface area contributed by atoms with Crippen LogP contribution in [0.4, 0.5) is 24.5 Å². The average Bonchev–Trinajstić information content (AvgIpc) is 3.69. The van der Waals surface area contributed by atoms with Crippen LogP contribution < -0.4 is 15.5 Å². The highest BCUT2D eigenvalue weighted by molar-refractivity contribution is 6.05. The Labute approximate surface area is 370 Å². The molecule has 2 aromatic carbocycles. The zero-order valence-electron chi connectivity index (χ0n) is 37.2. The summed E-state index contributed by atoms with van der Waals surface area (Å²) in [5, 5.41) is 21.3. The number of nitrogens with one attached hydrogen (secondary N) is 2. The first kappa shape index (κ1) is 47.8. The predicted octanol–water partition coefficient (Wildman–Crippen LogP) is 5.88. The number of alkyl halides is 3. The Morgan fingerprint density at radius 3 is 2.31 bits per heavy atom. The number of aromatic nitrogens is 3. The van der Waals surface area contributed by atoms with Gasteiger partial charge in [0.1, 0.15) is 11.4 Å². The molecule has 344 valence electrons. The van der Waals surface area contributed by atoms with Crippen molar-refractivity contribution in [3.8, 4) is 0 Å². The molecule has 2 fully saturated rings. The number of hydrogen-bond acceptors (Lipinski definition) is 11. The number of likely N-dealkylation sites (tertiary alicyclic amines) is 1. The molecule has 2 aromatic heterocycles. The Balaban J connectivity index is 1.00. The van der Waals surface area contributed by atoms with Gasteiger partial charge in [0, 0.05) is 98.4 Å². The van der Waals surface area contributed by atoms with Crippen molar-refractivity contribution in [2.75, 3.05) is 63.1 Å². The first-order valence-corrected chi connectivity index (χ1v) is 21.6. The number of pyridine rings is 1. The summed E-state index contributed by atoms with van der Waals surface area (Å²) in [6.45, 7) is 15.4. The molecule has 6 rings (SSSR count). The van der Waals surface area contributed by atoms with E-state index in [1.54, 1.807) is 45.2 Å². The van der Waals surface area contributed by atoms with Gasteiger partial charge in [0.25, 0.3) is 11.8 Å². The number of nitrogens with zero attached hydrogens (tertiary/aromatic N) is 7. The van der Waals surface area contributed by atoms with Crippen molar-refractivity contribution < 1.29 is 42.3 Å². The highest BCUT2D eigenvalue weighted by atomic mass is 19.4. The van der Waals surface area contributed by atoms with E-state index in [1.807, 2.05) is 23.9 Å². The van der Waals surface area contributed by atoms with Gasteiger partial charge in [-0.3, -0.25) is 38.9 Å². The summed E-state index contributed by atoms with van der Waals surface area (Å²) >= 11 is 0. The summed E-state index contributed by atoms with van der Waals surface area (Å²) in [5.41, 5.74) is -0.303. The molecule has 0 saturated carbocycles. The van der Waals surface area contributed by atoms with Crippen molar-refractivity contribution in [3.05, 3.63) is 82.8 Å². The van der Waals surface area contributed by atoms with Crippen LogP contribution in [0.1, 0.15) is 115 Å². The number of benzene rings is 2. The summed E-state index contributed by atoms with van der Waals surface area (Å²) in [6.07, 6.45) is 1.41. The molecule has 1 atom stereocenters. The van der Waals surface area contributed by atoms with E-state index < -0.39 is 35.0 Å². The topological polar surface area (TPSA) is 173 Å². The molecule has 3 N–H and O–H groups in total. The number of piperazine rings is 1. The van der Waals surface area contributed by atoms with Crippen molar-refractivity contribution in [1.29, 1.82) is 0 Å². The van der Waals surface area contributed by atoms with E-state index in [0.717, 1.165) is 82.9 Å². The molecule has 4 aromatic rings. The fraction of sp³-hybridized carbons (Fsp3) is 0.500. The quantitative estimate of drug-likeness (QED) is 0.115. The van der Waals surface area contributed by atoms with E-state index in [0.29, 0.717) is 46.7 Å². The fourth-order valence-electron chi connectivity index (χ4n) is 8.46. The summed E-state index contributed by atoms with van der Waals surface area (Å²) in [7, 11) is 1.63. The molecule has 0 aliphatic carbocycles. The second kappa shape index (κ2) is 19.6. The van der Waals surface area contributed by atoms with Crippen LogP contribution in [0, 0.1) is 0 Å². The second-order valence-electron chi connectivity index (χ2n) is 18.0. The van der Waals surface area contributed by atoms with E-state index >= 15 is 0 Å². The number of imide groups is 1. The highest BCUT2D eigenvalue weighted by Gasteiger charge is 2.34. The van der Waals surface area contributed by atoms with Gasteiger partial charge in [0.05, 0.1) is 22.7 Å². The molecule has 2 aliphatic heterocycles. The Kier molecular flexibility index (Phi) is 14.6. The predicted molar refractivity (Wildman–Crippen MR) is 236 cm³/mol. The molecule has 1 unspecified atom stereocenters. The number of aldehydes is 1. The zero-order chi connectivity index (χ0) is 46.6. The maximum Gasteiger partial charge on any atom is 0.433 e. The lowest BCUT2D eigenvalue weighted by Gasteiger charge is -2.45. The molecule has 15 nitrogen and oxygen atoms in total. The lowest BCUT2D eigenvalue weighted by molar-refractivity contribution is -0.141. The molecule has 0 bridgehead atoms. The van der Waals surface area contributed by atoms with Crippen LogP contribution in [0.2, 0.25) is 0 Å². The van der Waals surface area contributed by atoms with Gasteiger partial charge in [-0.15, -0.1) is 0 Å². The van der Waals surface area contributed by atoms with Crippen molar-refractivity contribution in [1.82, 2.24) is 34.8 Å². The number of carbonyl (C=O) groups excluding carboxylic acids is 5. The fourth-order valence-corrected chi connectivity index (χ4v) is 8.46. The second-order valence-corrected chi connectivity index (χ2v) is 18.0. The molecule has 0 radical (unpaired) electrons. The zero-order valence-corrected chi connectivity index (χ0v) is 37.2. The first-order valence-electron chi connectivity index (χ1n) is 21.6. The van der Waals surface area contributed by atoms with Gasteiger partial charge in [-0.2, -0.15) is 18.3 Å². The Morgan fingerprint density at radius 1 is 0.969 bits per heavy atom. The lowest BCUT2D eigenvalue weighted by Crippen LogP contribution is -2.55. The monoisotopic (exact) mass is 889 g/mol. The molecule has 4 amide bonds. The number of carbonyl (C=O) groups is 5. The van der Waals surface area contributed by atoms with E-state index in [1.165, 1.54) is 11.0 Å². The minimum absolute atomic E-state index is 0.0649. The molecule has 64 heavy (non-hydrogen) atoms. The molecular formula is C46H58F3N9O6. The van der Waals surface area contributed by atoms with Crippen molar-refractivity contribution >= 4 is 52.7 Å². The number of fused-ring (bicyclic) bond motifs is 1. The van der Waals surface area contributed by atoms with Crippen LogP contribution in [0.3, 0.4) is 0 Å². The summed E-state index contributed by atoms with van der Waals surface area (Å²) in [5.74, 6) is -1.56. The van der Waals surface area contributed by atoms with Crippen molar-refractivity contribution in [2.24, 2.45) is 0 Å². The lowest BCUT2D eigenvalue weighted by atomic mass is 9.95. The van der Waals surface area contributed by atoms with Gasteiger partial charge < -0.3 is 25.1 Å². The van der Waals surface area contributed by atoms with Gasteiger partial charge in [-0.1, -0.05) is 6.07 Å². The maximum absolute atomic E-state index is 13.3. The molecule has 0 spiro atoms. The molecule has 2 saturated heterocycles. The van der Waals surface area contributed by atoms with Crippen LogP contribution in [0.25, 0.3) is 10.9 Å². The molecule has 2 aliphatic rings. The third-order valence-electron chi connectivity index (χ3n) is 12.7. The van der Waals surface area contributed by atoms with Gasteiger partial charge in [0.2, 0.25) is 12.3 Å². The highest BCUT2D eigenvalue weighted by Crippen LogP contribution is 2.35. The summed E-state index contributed by atoms with van der Waals surface area (Å²) in [6, 6.07) is 11.7. The number of anilines is 2. The maximum atomic E-state index is 13.3. The SMILES string of the molecule is CC(CCC(=O)NC=O)N(C)C(=O)c1ccc(N2CCN(C(C)(C)CCN3CCC(n4cc5cc(NC(=O)c6cccc(C(F)(F)F)n6)c(C(C)(C)O)cc5n4)CC3)CC2)cc1C=O. The third-order valence-corrected chi connectivity index (χ3v) is 12.7. The molecule has 18 heteroatoms. The Morgan fingerprint density at radius 2 is 1.67 bits per heavy atom. The summed E-state index contributed by atoms with van der Waals surface area (Å²) in [4.78, 5) is 73.1. The average molecular weight is 890 g/mol. The number of piperidine rings is 1. The first-order chi connectivity index (χ1) is 30.2. The largest absolute Gasteiger partial charge is 0.433 e. The van der Waals surface area contributed by atoms with Crippen LogP contribution in [-0.4, -0.2) is 129 Å². The van der Waals surface area contributed by atoms with Gasteiger partial charge in [-0.05, 0) is 109 Å². The van der Waals surface area contributed by atoms with Crippen LogP contribution in [0.15, 0.2) is 54.7 Å². The van der Waals surface area contributed by atoms with Crippen molar-refractivity contribution in [2.45, 2.75) is 96.1 Å². The third kappa shape index (κ3) is 11.3. The number of aliphatic hydroxyl groups is 1. The standard InChI is InChI=1S/C46H58F3N9O6/c1-30(10-13-41(61)50-29-60)54(6)43(63)35-12-11-34(24-32(35)28-59)56-20-22-57(23-21-56)44(2,3)16-19-55-17-14-33(15-18-55)58-27-31-25-39(36(45(4,5)64)26-38(31)53-58)52-42(62)37-8-7-9-40(51-37)46(47,48)49/h7-9,11-12,24-30,33,64H,10,13-23H2,1-6H3,(H,52,62)(H,50,60,61). The van der Waals surface area contributed by atoms with Crippen LogP contribution >= 0.6 is 0 Å². The number of rotatable bonds is 16. The van der Waals surface area contributed by atoms with E-state index in [4.69, 9.17) is 5.10 Å². The normalized spacial score (nSPS) is 16.4. The van der Waals surface area contributed by atoms with Crippen LogP contribution in [0.5, 0.6) is 0 Å².